The Morgan fingerprint density at radius 3 is 2.50 bits per heavy atom. The lowest BCUT2D eigenvalue weighted by Crippen LogP contribution is -2.48. The number of hydrogen-bond acceptors (Lipinski definition) is 4. The van der Waals surface area contributed by atoms with Crippen molar-refractivity contribution < 1.29 is 13.2 Å². The molecule has 1 fully saturated rings. The van der Waals surface area contributed by atoms with Gasteiger partial charge in [-0.2, -0.15) is 4.72 Å². The van der Waals surface area contributed by atoms with E-state index in [1.54, 1.807) is 29.5 Å². The highest BCUT2D eigenvalue weighted by atomic mass is 35.5. The van der Waals surface area contributed by atoms with Crippen LogP contribution in [0.2, 0.25) is 5.02 Å². The third-order valence-electron chi connectivity index (χ3n) is 3.80. The van der Waals surface area contributed by atoms with Crippen molar-refractivity contribution in [3.8, 4) is 0 Å². The lowest BCUT2D eigenvalue weighted by Gasteiger charge is -2.37. The van der Waals surface area contributed by atoms with Gasteiger partial charge in [0.25, 0.3) is 0 Å². The van der Waals surface area contributed by atoms with Crippen LogP contribution in [0.1, 0.15) is 17.7 Å². The Labute approximate surface area is 139 Å². The Morgan fingerprint density at radius 1 is 1.14 bits per heavy atom. The molecule has 0 aliphatic carbocycles. The number of hydrogen-bond donors (Lipinski definition) is 1. The maximum Gasteiger partial charge on any atom is 0.242 e. The molecule has 3 rings (SSSR count). The zero-order chi connectivity index (χ0) is 15.6. The summed E-state index contributed by atoms with van der Waals surface area (Å²) in [6.07, 6.45) is 1.22. The second kappa shape index (κ2) is 6.29. The molecule has 1 saturated heterocycles. The Morgan fingerprint density at radius 2 is 1.86 bits per heavy atom. The molecule has 2 aromatic rings. The number of nitrogens with one attached hydrogen (secondary N) is 1. The molecular weight excluding hydrogens is 342 g/mol. The van der Waals surface area contributed by atoms with Crippen molar-refractivity contribution in [3.05, 3.63) is 51.7 Å². The number of rotatable bonds is 4. The van der Waals surface area contributed by atoms with Gasteiger partial charge in [-0.15, -0.1) is 11.3 Å². The van der Waals surface area contributed by atoms with E-state index in [-0.39, 0.29) is 9.92 Å². The van der Waals surface area contributed by atoms with Gasteiger partial charge in [-0.05, 0) is 36.4 Å². The van der Waals surface area contributed by atoms with Crippen molar-refractivity contribution in [3.63, 3.8) is 0 Å². The summed E-state index contributed by atoms with van der Waals surface area (Å²) in [6, 6.07) is 10.4. The van der Waals surface area contributed by atoms with Crippen LogP contribution in [0.15, 0.2) is 46.7 Å². The third kappa shape index (κ3) is 3.07. The largest absolute Gasteiger partial charge is 0.381 e. The predicted octanol–water partition coefficient (Wildman–Crippen LogP) is 3.39. The lowest BCUT2D eigenvalue weighted by molar-refractivity contribution is 0.0472. The molecule has 1 aliphatic heterocycles. The van der Waals surface area contributed by atoms with Crippen LogP contribution in [0.25, 0.3) is 0 Å². The molecular formula is C15H16ClNO3S2. The van der Waals surface area contributed by atoms with Gasteiger partial charge in [0.05, 0.1) is 10.6 Å². The van der Waals surface area contributed by atoms with Crippen LogP contribution >= 0.6 is 22.9 Å². The van der Waals surface area contributed by atoms with Crippen LogP contribution in [0.3, 0.4) is 0 Å². The quantitative estimate of drug-likeness (QED) is 0.912. The van der Waals surface area contributed by atoms with Crippen molar-refractivity contribution >= 4 is 33.0 Å². The van der Waals surface area contributed by atoms with Crippen molar-refractivity contribution in [2.24, 2.45) is 0 Å². The zero-order valence-corrected chi connectivity index (χ0v) is 14.2. The predicted molar refractivity (Wildman–Crippen MR) is 87.8 cm³/mol. The molecule has 1 aromatic heterocycles. The highest BCUT2D eigenvalue weighted by Crippen LogP contribution is 2.37. The summed E-state index contributed by atoms with van der Waals surface area (Å²) in [7, 11) is -3.71. The minimum atomic E-state index is -3.71. The average Bonchev–Trinajstić information content (AvgIpc) is 3.03. The maximum atomic E-state index is 12.8. The fourth-order valence-electron chi connectivity index (χ4n) is 2.64. The first-order valence-electron chi connectivity index (χ1n) is 6.94. The molecule has 0 saturated carbocycles. The van der Waals surface area contributed by atoms with Gasteiger partial charge in [0.2, 0.25) is 10.0 Å². The molecule has 0 unspecified atom stereocenters. The molecule has 118 valence electrons. The van der Waals surface area contributed by atoms with Gasteiger partial charge in [0, 0.05) is 18.1 Å². The van der Waals surface area contributed by atoms with Gasteiger partial charge < -0.3 is 4.74 Å². The normalized spacial score (nSPS) is 18.2. The van der Waals surface area contributed by atoms with E-state index in [1.165, 1.54) is 6.07 Å². The van der Waals surface area contributed by atoms with E-state index in [2.05, 4.69) is 4.72 Å². The number of benzene rings is 1. The minimum Gasteiger partial charge on any atom is -0.381 e. The fraction of sp³-hybridized carbons (Fsp3) is 0.333. The highest BCUT2D eigenvalue weighted by Gasteiger charge is 2.39. The zero-order valence-electron chi connectivity index (χ0n) is 11.8. The smallest absolute Gasteiger partial charge is 0.242 e. The van der Waals surface area contributed by atoms with E-state index in [0.29, 0.717) is 26.1 Å². The molecule has 1 N–H and O–H groups in total. The lowest BCUT2D eigenvalue weighted by atomic mass is 9.90. The molecule has 0 spiro atoms. The van der Waals surface area contributed by atoms with Crippen molar-refractivity contribution in [1.82, 2.24) is 4.72 Å². The van der Waals surface area contributed by atoms with Crippen LogP contribution < -0.4 is 4.72 Å². The second-order valence-electron chi connectivity index (χ2n) is 5.21. The third-order valence-corrected chi connectivity index (χ3v) is 6.91. The molecule has 2 heterocycles. The van der Waals surface area contributed by atoms with E-state index in [0.717, 1.165) is 4.88 Å². The summed E-state index contributed by atoms with van der Waals surface area (Å²) < 4.78 is 33.9. The van der Waals surface area contributed by atoms with Crippen molar-refractivity contribution in [1.29, 1.82) is 0 Å². The summed E-state index contributed by atoms with van der Waals surface area (Å²) in [5.41, 5.74) is -0.621. The Kier molecular flexibility index (Phi) is 4.56. The van der Waals surface area contributed by atoms with Gasteiger partial charge >= 0.3 is 0 Å². The molecule has 4 nitrogen and oxygen atoms in total. The SMILES string of the molecule is O=S(=O)(NC1(c2cccs2)CCOCC1)c1ccccc1Cl. The number of thiophene rings is 1. The Balaban J connectivity index is 1.99. The molecule has 22 heavy (non-hydrogen) atoms. The van der Waals surface area contributed by atoms with Gasteiger partial charge in [0.1, 0.15) is 4.90 Å². The summed E-state index contributed by atoms with van der Waals surface area (Å²) in [5, 5.41) is 2.18. The van der Waals surface area contributed by atoms with Gasteiger partial charge in [-0.1, -0.05) is 29.8 Å². The summed E-state index contributed by atoms with van der Waals surface area (Å²) in [5.74, 6) is 0. The average molecular weight is 358 g/mol. The van der Waals surface area contributed by atoms with E-state index in [1.807, 2.05) is 17.5 Å². The summed E-state index contributed by atoms with van der Waals surface area (Å²) in [4.78, 5) is 1.12. The van der Waals surface area contributed by atoms with Crippen LogP contribution in [0.4, 0.5) is 0 Å². The van der Waals surface area contributed by atoms with E-state index in [4.69, 9.17) is 16.3 Å². The first kappa shape index (κ1) is 16.0. The van der Waals surface area contributed by atoms with E-state index >= 15 is 0 Å². The first-order valence-corrected chi connectivity index (χ1v) is 9.68. The first-order chi connectivity index (χ1) is 10.5. The van der Waals surface area contributed by atoms with Gasteiger partial charge in [-0.25, -0.2) is 8.42 Å². The van der Waals surface area contributed by atoms with E-state index < -0.39 is 15.6 Å². The number of ether oxygens (including phenoxy) is 1. The van der Waals surface area contributed by atoms with E-state index in [9.17, 15) is 8.42 Å². The highest BCUT2D eigenvalue weighted by molar-refractivity contribution is 7.89. The Hall–Kier alpha value is -0.920. The molecule has 0 bridgehead atoms. The van der Waals surface area contributed by atoms with Crippen LogP contribution in [-0.2, 0) is 20.3 Å². The van der Waals surface area contributed by atoms with Crippen molar-refractivity contribution in [2.45, 2.75) is 23.3 Å². The number of sulfonamides is 1. The van der Waals surface area contributed by atoms with Crippen LogP contribution in [0, 0.1) is 0 Å². The fourth-order valence-corrected chi connectivity index (χ4v) is 5.61. The van der Waals surface area contributed by atoms with Crippen molar-refractivity contribution in [2.75, 3.05) is 13.2 Å². The molecule has 7 heteroatoms. The van der Waals surface area contributed by atoms with Gasteiger partial charge in [-0.3, -0.25) is 0 Å². The standard InChI is InChI=1S/C15H16ClNO3S2/c16-12-4-1-2-5-13(12)22(18,19)17-15(7-9-20-10-8-15)14-6-3-11-21-14/h1-6,11,17H,7-10H2. The topological polar surface area (TPSA) is 55.4 Å². The molecule has 1 aliphatic rings. The van der Waals surface area contributed by atoms with Crippen LogP contribution in [0.5, 0.6) is 0 Å². The molecule has 0 radical (unpaired) electrons. The van der Waals surface area contributed by atoms with Gasteiger partial charge in [0.15, 0.2) is 0 Å². The maximum absolute atomic E-state index is 12.8. The molecule has 0 amide bonds. The monoisotopic (exact) mass is 357 g/mol. The summed E-state index contributed by atoms with van der Waals surface area (Å²) >= 11 is 7.61. The minimum absolute atomic E-state index is 0.110. The molecule has 0 atom stereocenters. The Bertz CT molecular complexity index is 738. The number of halogens is 1. The van der Waals surface area contributed by atoms with Crippen LogP contribution in [-0.4, -0.2) is 21.6 Å². The second-order valence-corrected chi connectivity index (χ2v) is 8.21. The summed E-state index contributed by atoms with van der Waals surface area (Å²) in [6.45, 7) is 1.06. The molecule has 1 aromatic carbocycles.